The average Bonchev–Trinajstić information content (AvgIpc) is 2.87. The van der Waals surface area contributed by atoms with Crippen LogP contribution in [0, 0.1) is 0 Å². The summed E-state index contributed by atoms with van der Waals surface area (Å²) in [6.07, 6.45) is 0. The van der Waals surface area contributed by atoms with Gasteiger partial charge in [0.15, 0.2) is 10.9 Å². The van der Waals surface area contributed by atoms with Gasteiger partial charge in [0.05, 0.1) is 12.7 Å². The Labute approximate surface area is 119 Å². The molecule has 20 heavy (non-hydrogen) atoms. The maximum absolute atomic E-state index is 12.2. The molecule has 2 aromatic rings. The number of ketones is 1. The second kappa shape index (κ2) is 5.70. The van der Waals surface area contributed by atoms with Gasteiger partial charge in [-0.3, -0.25) is 14.9 Å². The van der Waals surface area contributed by atoms with E-state index < -0.39 is 5.91 Å². The zero-order chi connectivity index (χ0) is 14.7. The highest BCUT2D eigenvalue weighted by molar-refractivity contribution is 7.14. The lowest BCUT2D eigenvalue weighted by Crippen LogP contribution is -2.13. The minimum absolute atomic E-state index is 0.150. The first-order chi connectivity index (χ1) is 9.51. The van der Waals surface area contributed by atoms with E-state index in [2.05, 4.69) is 10.3 Å². The van der Waals surface area contributed by atoms with Gasteiger partial charge in [0.2, 0.25) is 0 Å². The van der Waals surface area contributed by atoms with Crippen molar-refractivity contribution in [3.05, 3.63) is 34.8 Å². The van der Waals surface area contributed by atoms with Gasteiger partial charge in [-0.2, -0.15) is 0 Å². The lowest BCUT2D eigenvalue weighted by atomic mass is 10.1. The number of nitrogen functional groups attached to an aromatic ring is 1. The molecular formula is C13H13N3O3S. The van der Waals surface area contributed by atoms with Crippen LogP contribution in [-0.2, 0) is 0 Å². The summed E-state index contributed by atoms with van der Waals surface area (Å²) < 4.78 is 5.12. The molecule has 0 spiro atoms. The molecule has 1 heterocycles. The first-order valence-corrected chi connectivity index (χ1v) is 6.60. The fourth-order valence-electron chi connectivity index (χ4n) is 1.56. The standard InChI is InChI=1S/C13H13N3O3S/c1-7(17)10-6-20-13(15-10)16-12(18)9-5-8(14)3-4-11(9)19-2/h3-6H,14H2,1-2H3,(H,15,16,18). The van der Waals surface area contributed by atoms with Crippen LogP contribution in [0.5, 0.6) is 5.75 Å². The lowest BCUT2D eigenvalue weighted by molar-refractivity contribution is 0.100. The van der Waals surface area contributed by atoms with Crippen LogP contribution in [0.2, 0.25) is 0 Å². The number of aromatic nitrogens is 1. The topological polar surface area (TPSA) is 94.3 Å². The number of Topliss-reactive ketones (excluding diaryl/α,β-unsaturated/α-hetero) is 1. The van der Waals surface area contributed by atoms with Crippen molar-refractivity contribution in [3.8, 4) is 5.75 Å². The number of anilines is 2. The number of hydrogen-bond donors (Lipinski definition) is 2. The summed E-state index contributed by atoms with van der Waals surface area (Å²) in [6.45, 7) is 1.42. The molecule has 0 saturated heterocycles. The average molecular weight is 291 g/mol. The van der Waals surface area contributed by atoms with Crippen molar-refractivity contribution in [2.75, 3.05) is 18.2 Å². The van der Waals surface area contributed by atoms with Gasteiger partial charge >= 0.3 is 0 Å². The van der Waals surface area contributed by atoms with Gasteiger partial charge in [0, 0.05) is 18.0 Å². The van der Waals surface area contributed by atoms with Crippen molar-refractivity contribution < 1.29 is 14.3 Å². The molecule has 0 saturated carbocycles. The number of thiazole rings is 1. The number of benzene rings is 1. The molecule has 0 aliphatic rings. The van der Waals surface area contributed by atoms with Crippen molar-refractivity contribution in [1.82, 2.24) is 4.98 Å². The largest absolute Gasteiger partial charge is 0.496 e. The van der Waals surface area contributed by atoms with Crippen LogP contribution in [0.4, 0.5) is 10.8 Å². The monoisotopic (exact) mass is 291 g/mol. The number of nitrogens with one attached hydrogen (secondary N) is 1. The molecule has 0 atom stereocenters. The summed E-state index contributed by atoms with van der Waals surface area (Å²) in [5.74, 6) is -0.123. The first kappa shape index (κ1) is 14.0. The van der Waals surface area contributed by atoms with E-state index >= 15 is 0 Å². The summed E-state index contributed by atoms with van der Waals surface area (Å²) in [5, 5.41) is 4.56. The first-order valence-electron chi connectivity index (χ1n) is 5.72. The highest BCUT2D eigenvalue weighted by atomic mass is 32.1. The van der Waals surface area contributed by atoms with Gasteiger partial charge in [0.25, 0.3) is 5.91 Å². The van der Waals surface area contributed by atoms with Crippen molar-refractivity contribution in [1.29, 1.82) is 0 Å². The highest BCUT2D eigenvalue weighted by Crippen LogP contribution is 2.23. The number of ether oxygens (including phenoxy) is 1. The zero-order valence-corrected chi connectivity index (χ0v) is 11.8. The van der Waals surface area contributed by atoms with Gasteiger partial charge in [-0.25, -0.2) is 4.98 Å². The maximum atomic E-state index is 12.2. The molecule has 0 aliphatic carbocycles. The minimum atomic E-state index is -0.390. The van der Waals surface area contributed by atoms with E-state index in [1.807, 2.05) is 0 Å². The fourth-order valence-corrected chi connectivity index (χ4v) is 2.30. The second-order valence-electron chi connectivity index (χ2n) is 4.01. The van der Waals surface area contributed by atoms with E-state index in [9.17, 15) is 9.59 Å². The van der Waals surface area contributed by atoms with Crippen LogP contribution >= 0.6 is 11.3 Å². The quantitative estimate of drug-likeness (QED) is 0.665. The summed E-state index contributed by atoms with van der Waals surface area (Å²) in [6, 6.07) is 4.79. The van der Waals surface area contributed by atoms with Crippen LogP contribution in [0.25, 0.3) is 0 Å². The van der Waals surface area contributed by atoms with Gasteiger partial charge < -0.3 is 10.5 Å². The Kier molecular flexibility index (Phi) is 3.99. The third-order valence-corrected chi connectivity index (χ3v) is 3.31. The summed E-state index contributed by atoms with van der Waals surface area (Å²) in [5.41, 5.74) is 6.76. The van der Waals surface area contributed by atoms with Gasteiger partial charge in [-0.15, -0.1) is 11.3 Å². The van der Waals surface area contributed by atoms with Gasteiger partial charge in [-0.05, 0) is 18.2 Å². The van der Waals surface area contributed by atoms with Crippen LogP contribution < -0.4 is 15.8 Å². The van der Waals surface area contributed by atoms with E-state index in [4.69, 9.17) is 10.5 Å². The Hall–Kier alpha value is -2.41. The zero-order valence-electron chi connectivity index (χ0n) is 11.0. The molecule has 0 aliphatic heterocycles. The normalized spacial score (nSPS) is 10.1. The van der Waals surface area contributed by atoms with Gasteiger partial charge in [-0.1, -0.05) is 0 Å². The third kappa shape index (κ3) is 2.94. The predicted molar refractivity (Wildman–Crippen MR) is 77.5 cm³/mol. The number of rotatable bonds is 4. The maximum Gasteiger partial charge on any atom is 0.261 e. The van der Waals surface area contributed by atoms with Gasteiger partial charge in [0.1, 0.15) is 11.4 Å². The van der Waals surface area contributed by atoms with Crippen molar-refractivity contribution in [3.63, 3.8) is 0 Å². The Morgan fingerprint density at radius 3 is 2.75 bits per heavy atom. The molecule has 1 aromatic heterocycles. The molecule has 0 radical (unpaired) electrons. The summed E-state index contributed by atoms with van der Waals surface area (Å²) in [4.78, 5) is 27.3. The smallest absolute Gasteiger partial charge is 0.261 e. The summed E-state index contributed by atoms with van der Waals surface area (Å²) >= 11 is 1.18. The molecule has 0 bridgehead atoms. The molecule has 3 N–H and O–H groups in total. The molecule has 7 heteroatoms. The van der Waals surface area contributed by atoms with Crippen LogP contribution in [0.1, 0.15) is 27.8 Å². The second-order valence-corrected chi connectivity index (χ2v) is 4.87. The van der Waals surface area contributed by atoms with E-state index in [0.717, 1.165) is 0 Å². The van der Waals surface area contributed by atoms with Crippen LogP contribution in [-0.4, -0.2) is 23.8 Å². The molecule has 6 nitrogen and oxygen atoms in total. The highest BCUT2D eigenvalue weighted by Gasteiger charge is 2.15. The number of methoxy groups -OCH3 is 1. The van der Waals surface area contributed by atoms with Crippen molar-refractivity contribution >= 4 is 33.8 Å². The lowest BCUT2D eigenvalue weighted by Gasteiger charge is -2.08. The molecule has 0 fully saturated rings. The minimum Gasteiger partial charge on any atom is -0.496 e. The molecular weight excluding hydrogens is 278 g/mol. The van der Waals surface area contributed by atoms with E-state index in [1.165, 1.54) is 31.4 Å². The Balaban J connectivity index is 2.23. The van der Waals surface area contributed by atoms with E-state index in [-0.39, 0.29) is 5.78 Å². The molecule has 104 valence electrons. The SMILES string of the molecule is COc1ccc(N)cc1C(=O)Nc1nc(C(C)=O)cs1. The predicted octanol–water partition coefficient (Wildman–Crippen LogP) is 2.19. The molecule has 1 amide bonds. The molecule has 2 rings (SSSR count). The number of amides is 1. The fraction of sp³-hybridized carbons (Fsp3) is 0.154. The number of nitrogens with two attached hydrogens (primary N) is 1. The van der Waals surface area contributed by atoms with Crippen LogP contribution in [0.3, 0.4) is 0 Å². The number of hydrogen-bond acceptors (Lipinski definition) is 6. The van der Waals surface area contributed by atoms with E-state index in [0.29, 0.717) is 27.8 Å². The third-order valence-electron chi connectivity index (χ3n) is 2.55. The van der Waals surface area contributed by atoms with Crippen LogP contribution in [0.15, 0.2) is 23.6 Å². The Bertz CT molecular complexity index is 667. The molecule has 1 aromatic carbocycles. The molecule has 0 unspecified atom stereocenters. The number of carbonyl (C=O) groups is 2. The van der Waals surface area contributed by atoms with E-state index in [1.54, 1.807) is 17.5 Å². The van der Waals surface area contributed by atoms with Crippen molar-refractivity contribution in [2.45, 2.75) is 6.92 Å². The number of nitrogens with zero attached hydrogens (tertiary/aromatic N) is 1. The Morgan fingerprint density at radius 1 is 1.40 bits per heavy atom. The Morgan fingerprint density at radius 2 is 2.15 bits per heavy atom. The summed E-state index contributed by atoms with van der Waals surface area (Å²) in [7, 11) is 1.47. The van der Waals surface area contributed by atoms with Crippen molar-refractivity contribution in [2.24, 2.45) is 0 Å². The number of carbonyl (C=O) groups excluding carboxylic acids is 2.